The number of aliphatic hydroxyl groups excluding tert-OH is 2. The zero-order valence-electron chi connectivity index (χ0n) is 50.8. The first-order valence-electron chi connectivity index (χ1n) is 34.1. The molecule has 0 aromatic heterocycles. The lowest BCUT2D eigenvalue weighted by molar-refractivity contribution is -0.143. The molecule has 0 radical (unpaired) electrons. The van der Waals surface area contributed by atoms with Crippen LogP contribution in [-0.2, 0) is 14.3 Å². The van der Waals surface area contributed by atoms with Crippen molar-refractivity contribution in [2.45, 2.75) is 392 Å². The fourth-order valence-electron chi connectivity index (χ4n) is 10.7. The molecule has 0 saturated carbocycles. The first-order valence-corrected chi connectivity index (χ1v) is 34.1. The van der Waals surface area contributed by atoms with E-state index >= 15 is 0 Å². The van der Waals surface area contributed by atoms with Crippen LogP contribution < -0.4 is 5.32 Å². The van der Waals surface area contributed by atoms with E-state index in [4.69, 9.17) is 4.74 Å². The van der Waals surface area contributed by atoms with Crippen LogP contribution in [0.2, 0.25) is 0 Å². The van der Waals surface area contributed by atoms with Crippen molar-refractivity contribution in [3.8, 4) is 0 Å². The van der Waals surface area contributed by atoms with Gasteiger partial charge in [0.2, 0.25) is 5.91 Å². The second-order valence-corrected chi connectivity index (χ2v) is 23.5. The molecule has 2 atom stereocenters. The number of nitrogens with one attached hydrogen (secondary N) is 1. The number of carbonyl (C=O) groups is 2. The maximum absolute atomic E-state index is 12.5. The molecule has 0 aliphatic carbocycles. The van der Waals surface area contributed by atoms with Crippen molar-refractivity contribution < 1.29 is 24.5 Å². The number of esters is 1. The number of hydrogen-bond acceptors (Lipinski definition) is 5. The number of aliphatic hydroxyl groups is 2. The van der Waals surface area contributed by atoms with Gasteiger partial charge in [-0.2, -0.15) is 0 Å². The average Bonchev–Trinajstić information content (AvgIpc) is 3.41. The summed E-state index contributed by atoms with van der Waals surface area (Å²) in [5.74, 6) is -0.0290. The maximum Gasteiger partial charge on any atom is 0.305 e. The minimum absolute atomic E-state index is 0.00378. The molecule has 0 fully saturated rings. The lowest BCUT2D eigenvalue weighted by Gasteiger charge is -2.22. The molecule has 0 aliphatic rings. The van der Waals surface area contributed by atoms with E-state index in [0.717, 1.165) is 44.9 Å². The maximum atomic E-state index is 12.5. The Morgan fingerprint density at radius 2 is 0.640 bits per heavy atom. The minimum atomic E-state index is -0.666. The van der Waals surface area contributed by atoms with Crippen molar-refractivity contribution >= 4 is 11.9 Å². The summed E-state index contributed by atoms with van der Waals surface area (Å²) in [5, 5.41) is 23.4. The van der Waals surface area contributed by atoms with E-state index in [9.17, 15) is 19.8 Å². The molecule has 0 aromatic rings. The van der Waals surface area contributed by atoms with Gasteiger partial charge in [0.15, 0.2) is 0 Å². The van der Waals surface area contributed by atoms with Gasteiger partial charge in [-0.05, 0) is 70.6 Å². The monoisotopic (exact) mass is 1060 g/mol. The third-order valence-corrected chi connectivity index (χ3v) is 16.0. The minimum Gasteiger partial charge on any atom is -0.466 e. The Balaban J connectivity index is 3.40. The van der Waals surface area contributed by atoms with Crippen LogP contribution in [0.3, 0.4) is 0 Å². The van der Waals surface area contributed by atoms with Gasteiger partial charge in [0.25, 0.3) is 0 Å². The van der Waals surface area contributed by atoms with Gasteiger partial charge in [-0.15, -0.1) is 0 Å². The molecule has 75 heavy (non-hydrogen) atoms. The van der Waals surface area contributed by atoms with Gasteiger partial charge in [0.05, 0.1) is 25.4 Å². The quantitative estimate of drug-likeness (QED) is 0.0320. The number of unbranched alkanes of at least 4 members (excludes halogenated alkanes) is 49. The molecule has 0 bridgehead atoms. The predicted octanol–water partition coefficient (Wildman–Crippen LogP) is 21.8. The SMILES string of the molecule is CCCC/C=C\CCCCCCCC(=O)OCCCCCCCCCCCCCC/C=C\CCCCCCCCCCCCC(=O)NC(CO)C(O)CCCCCCCCCCCCCCCCCCCCCCC. The number of hydrogen-bond donors (Lipinski definition) is 3. The van der Waals surface area contributed by atoms with Crippen molar-refractivity contribution in [1.82, 2.24) is 5.32 Å². The molecule has 1 amide bonds. The van der Waals surface area contributed by atoms with Crippen molar-refractivity contribution in [2.24, 2.45) is 0 Å². The first-order chi connectivity index (χ1) is 37.0. The van der Waals surface area contributed by atoms with Crippen molar-refractivity contribution in [1.29, 1.82) is 0 Å². The van der Waals surface area contributed by atoms with Crippen LogP contribution >= 0.6 is 0 Å². The van der Waals surface area contributed by atoms with E-state index in [1.54, 1.807) is 0 Å². The van der Waals surface area contributed by atoms with Gasteiger partial charge in [-0.1, -0.05) is 321 Å². The fraction of sp³-hybridized carbons (Fsp3) is 0.913. The molecule has 6 heteroatoms. The third kappa shape index (κ3) is 61.4. The highest BCUT2D eigenvalue weighted by Gasteiger charge is 2.20. The highest BCUT2D eigenvalue weighted by atomic mass is 16.5. The Hall–Kier alpha value is -1.66. The summed E-state index contributed by atoms with van der Waals surface area (Å²) in [6.45, 7) is 4.95. The molecule has 0 aliphatic heterocycles. The van der Waals surface area contributed by atoms with Crippen LogP contribution in [0.1, 0.15) is 380 Å². The van der Waals surface area contributed by atoms with Crippen LogP contribution in [-0.4, -0.2) is 47.4 Å². The lowest BCUT2D eigenvalue weighted by atomic mass is 10.0. The molecule has 0 rings (SSSR count). The average molecular weight is 1060 g/mol. The molecule has 3 N–H and O–H groups in total. The standard InChI is InChI=1S/C69H133NO5/c1-3-5-7-9-11-13-15-16-17-18-19-26-29-32-35-38-42-45-49-53-57-61-67(72)66(65-71)70-68(73)62-58-54-50-46-43-39-36-33-30-27-24-22-20-21-23-25-28-31-34-37-40-44-48-52-56-60-64-75-69(74)63-59-55-51-47-41-14-12-10-8-6-4-2/h10,12,20,22,66-67,71-72H,3-9,11,13-19,21,23-65H2,1-2H3,(H,70,73)/b12-10-,22-20-. The molecule has 0 heterocycles. The number of ether oxygens (including phenoxy) is 1. The predicted molar refractivity (Wildman–Crippen MR) is 329 cm³/mol. The summed E-state index contributed by atoms with van der Waals surface area (Å²) in [5.41, 5.74) is 0. The smallest absolute Gasteiger partial charge is 0.305 e. The second kappa shape index (κ2) is 64.9. The Kier molecular flexibility index (Phi) is 63.4. The molecule has 444 valence electrons. The lowest BCUT2D eigenvalue weighted by Crippen LogP contribution is -2.45. The number of allylic oxidation sites excluding steroid dienone is 4. The fourth-order valence-corrected chi connectivity index (χ4v) is 10.7. The van der Waals surface area contributed by atoms with E-state index in [-0.39, 0.29) is 18.5 Å². The van der Waals surface area contributed by atoms with E-state index in [2.05, 4.69) is 43.5 Å². The van der Waals surface area contributed by atoms with Gasteiger partial charge in [-0.3, -0.25) is 9.59 Å². The van der Waals surface area contributed by atoms with E-state index in [0.29, 0.717) is 25.9 Å². The Morgan fingerprint density at radius 3 is 0.987 bits per heavy atom. The van der Waals surface area contributed by atoms with Crippen LogP contribution in [0, 0.1) is 0 Å². The Labute approximate surface area is 469 Å². The zero-order valence-corrected chi connectivity index (χ0v) is 50.8. The van der Waals surface area contributed by atoms with E-state index < -0.39 is 12.1 Å². The Bertz CT molecular complexity index is 1170. The normalized spacial score (nSPS) is 12.6. The summed E-state index contributed by atoms with van der Waals surface area (Å²) < 4.78 is 5.46. The largest absolute Gasteiger partial charge is 0.466 e. The topological polar surface area (TPSA) is 95.9 Å². The molecular formula is C69H133NO5. The van der Waals surface area contributed by atoms with Gasteiger partial charge in [0.1, 0.15) is 0 Å². The number of carbonyl (C=O) groups excluding carboxylic acids is 2. The van der Waals surface area contributed by atoms with Crippen molar-refractivity contribution in [3.05, 3.63) is 24.3 Å². The number of amides is 1. The van der Waals surface area contributed by atoms with Crippen LogP contribution in [0.15, 0.2) is 24.3 Å². The second-order valence-electron chi connectivity index (χ2n) is 23.5. The zero-order chi connectivity index (χ0) is 54.3. The van der Waals surface area contributed by atoms with Crippen molar-refractivity contribution in [2.75, 3.05) is 13.2 Å². The molecule has 0 spiro atoms. The number of rotatable bonds is 64. The third-order valence-electron chi connectivity index (χ3n) is 16.0. The van der Waals surface area contributed by atoms with Crippen LogP contribution in [0.5, 0.6) is 0 Å². The summed E-state index contributed by atoms with van der Waals surface area (Å²) in [4.78, 5) is 24.5. The van der Waals surface area contributed by atoms with Crippen molar-refractivity contribution in [3.63, 3.8) is 0 Å². The van der Waals surface area contributed by atoms with Gasteiger partial charge in [-0.25, -0.2) is 0 Å². The van der Waals surface area contributed by atoms with Gasteiger partial charge >= 0.3 is 5.97 Å². The highest BCUT2D eigenvalue weighted by molar-refractivity contribution is 5.76. The summed E-state index contributed by atoms with van der Waals surface area (Å²) >= 11 is 0. The van der Waals surface area contributed by atoms with E-state index in [1.807, 2.05) is 0 Å². The van der Waals surface area contributed by atoms with Gasteiger partial charge < -0.3 is 20.3 Å². The van der Waals surface area contributed by atoms with Gasteiger partial charge in [0, 0.05) is 12.8 Å². The van der Waals surface area contributed by atoms with E-state index in [1.165, 1.54) is 302 Å². The first kappa shape index (κ1) is 73.3. The van der Waals surface area contributed by atoms with Crippen LogP contribution in [0.25, 0.3) is 0 Å². The molecular weight excluding hydrogens is 923 g/mol. The molecule has 2 unspecified atom stereocenters. The summed E-state index contributed by atoms with van der Waals surface area (Å²) in [6.07, 6.45) is 80.7. The Morgan fingerprint density at radius 1 is 0.360 bits per heavy atom. The highest BCUT2D eigenvalue weighted by Crippen LogP contribution is 2.18. The van der Waals surface area contributed by atoms with Crippen LogP contribution in [0.4, 0.5) is 0 Å². The molecule has 0 aromatic carbocycles. The summed E-state index contributed by atoms with van der Waals surface area (Å²) in [7, 11) is 0. The molecule has 6 nitrogen and oxygen atoms in total. The summed E-state index contributed by atoms with van der Waals surface area (Å²) in [6, 6.07) is -0.544. The molecule has 0 saturated heterocycles.